The van der Waals surface area contributed by atoms with E-state index in [1.54, 1.807) is 11.3 Å². The minimum Gasteiger partial charge on any atom is -0.356 e. The zero-order chi connectivity index (χ0) is 17.1. The van der Waals surface area contributed by atoms with Crippen molar-refractivity contribution in [2.75, 3.05) is 44.0 Å². The molecule has 1 aliphatic rings. The first-order valence-corrected chi connectivity index (χ1v) is 9.27. The van der Waals surface area contributed by atoms with Gasteiger partial charge in [-0.25, -0.2) is 9.97 Å². The van der Waals surface area contributed by atoms with Crippen molar-refractivity contribution in [1.82, 2.24) is 19.9 Å². The molecule has 0 saturated carbocycles. The summed E-state index contributed by atoms with van der Waals surface area (Å²) >= 11 is 1.77. The Morgan fingerprint density at radius 2 is 1.96 bits per heavy atom. The summed E-state index contributed by atoms with van der Waals surface area (Å²) in [5.74, 6) is 1.77. The number of aryl methyl sites for hydroxylation is 1. The average Bonchev–Trinajstić information content (AvgIpc) is 3.00. The highest BCUT2D eigenvalue weighted by Gasteiger charge is 2.24. The molecule has 0 radical (unpaired) electrons. The molecule has 0 spiro atoms. The van der Waals surface area contributed by atoms with Gasteiger partial charge in [-0.1, -0.05) is 0 Å². The summed E-state index contributed by atoms with van der Waals surface area (Å²) in [5, 5.41) is 0. The lowest BCUT2D eigenvalue weighted by atomic mass is 10.0. The van der Waals surface area contributed by atoms with Gasteiger partial charge < -0.3 is 9.80 Å². The van der Waals surface area contributed by atoms with Gasteiger partial charge in [-0.3, -0.25) is 4.90 Å². The quantitative estimate of drug-likeness (QED) is 0.829. The lowest BCUT2D eigenvalue weighted by molar-refractivity contribution is 0.204. The van der Waals surface area contributed by atoms with Gasteiger partial charge in [-0.2, -0.15) is 4.98 Å². The van der Waals surface area contributed by atoms with Gasteiger partial charge in [0.25, 0.3) is 0 Å². The van der Waals surface area contributed by atoms with Crippen molar-refractivity contribution in [2.24, 2.45) is 0 Å². The largest absolute Gasteiger partial charge is 0.356 e. The van der Waals surface area contributed by atoms with Gasteiger partial charge in [0.2, 0.25) is 5.95 Å². The van der Waals surface area contributed by atoms with Crippen LogP contribution in [0.15, 0.2) is 17.8 Å². The van der Waals surface area contributed by atoms with E-state index in [0.29, 0.717) is 6.04 Å². The molecule has 2 aromatic rings. The Morgan fingerprint density at radius 3 is 2.58 bits per heavy atom. The number of rotatable bonds is 5. The van der Waals surface area contributed by atoms with Crippen LogP contribution in [-0.4, -0.2) is 60.1 Å². The van der Waals surface area contributed by atoms with Gasteiger partial charge in [0, 0.05) is 57.9 Å². The maximum Gasteiger partial charge on any atom is 0.226 e. The van der Waals surface area contributed by atoms with Crippen LogP contribution in [0.25, 0.3) is 0 Å². The second-order valence-electron chi connectivity index (χ2n) is 6.59. The van der Waals surface area contributed by atoms with Crippen molar-refractivity contribution in [3.8, 4) is 0 Å². The van der Waals surface area contributed by atoms with Gasteiger partial charge in [0.15, 0.2) is 0 Å². The molecule has 2 aromatic heterocycles. The highest BCUT2D eigenvalue weighted by atomic mass is 32.1. The summed E-state index contributed by atoms with van der Waals surface area (Å²) in [6.45, 7) is 5.38. The van der Waals surface area contributed by atoms with Crippen LogP contribution in [0.1, 0.15) is 23.4 Å². The zero-order valence-electron chi connectivity index (χ0n) is 14.9. The highest BCUT2D eigenvalue weighted by molar-refractivity contribution is 7.09. The first-order chi connectivity index (χ1) is 11.5. The van der Waals surface area contributed by atoms with Crippen LogP contribution in [-0.2, 0) is 6.54 Å². The minimum absolute atomic E-state index is 0.536. The first kappa shape index (κ1) is 17.1. The summed E-state index contributed by atoms with van der Waals surface area (Å²) in [5.41, 5.74) is 3.12. The Hall–Kier alpha value is -1.73. The first-order valence-electron chi connectivity index (χ1n) is 8.39. The van der Waals surface area contributed by atoms with Gasteiger partial charge in [0.1, 0.15) is 5.82 Å². The normalized spacial score (nSPS) is 16.3. The SMILES string of the molecule is Cc1ncsc1CN1CCC(N(C)c2ccnc(N(C)C)n2)CC1. The number of likely N-dealkylation sites (tertiary alicyclic amines) is 1. The maximum atomic E-state index is 4.66. The van der Waals surface area contributed by atoms with E-state index < -0.39 is 0 Å². The fraction of sp³-hybridized carbons (Fsp3) is 0.588. The molecule has 7 heteroatoms. The smallest absolute Gasteiger partial charge is 0.226 e. The molecule has 24 heavy (non-hydrogen) atoms. The van der Waals surface area contributed by atoms with E-state index in [1.165, 1.54) is 10.6 Å². The molecule has 0 atom stereocenters. The monoisotopic (exact) mass is 346 g/mol. The number of piperidine rings is 1. The maximum absolute atomic E-state index is 4.66. The molecule has 0 aromatic carbocycles. The van der Waals surface area contributed by atoms with E-state index in [4.69, 9.17) is 0 Å². The fourth-order valence-electron chi connectivity index (χ4n) is 3.08. The average molecular weight is 347 g/mol. The molecule has 1 saturated heterocycles. The van der Waals surface area contributed by atoms with Crippen molar-refractivity contribution in [3.63, 3.8) is 0 Å². The van der Waals surface area contributed by atoms with E-state index >= 15 is 0 Å². The molecule has 0 N–H and O–H groups in total. The van der Waals surface area contributed by atoms with Crippen LogP contribution < -0.4 is 9.80 Å². The van der Waals surface area contributed by atoms with Crippen LogP contribution in [0.4, 0.5) is 11.8 Å². The standard InChI is InChI=1S/C17H26N6S/c1-13-15(24-12-19-13)11-23-9-6-14(7-10-23)22(4)16-5-8-18-17(20-16)21(2)3/h5,8,12,14H,6-7,9-11H2,1-4H3. The third kappa shape index (κ3) is 3.84. The third-order valence-electron chi connectivity index (χ3n) is 4.71. The molecule has 6 nitrogen and oxygen atoms in total. The summed E-state index contributed by atoms with van der Waals surface area (Å²) in [7, 11) is 6.09. The van der Waals surface area contributed by atoms with Gasteiger partial charge >= 0.3 is 0 Å². The second kappa shape index (κ2) is 7.44. The molecule has 0 aliphatic carbocycles. The van der Waals surface area contributed by atoms with Crippen molar-refractivity contribution < 1.29 is 0 Å². The van der Waals surface area contributed by atoms with E-state index in [2.05, 4.69) is 38.7 Å². The van der Waals surface area contributed by atoms with Gasteiger partial charge in [-0.15, -0.1) is 11.3 Å². The number of anilines is 2. The van der Waals surface area contributed by atoms with E-state index in [9.17, 15) is 0 Å². The number of hydrogen-bond donors (Lipinski definition) is 0. The van der Waals surface area contributed by atoms with E-state index in [1.807, 2.05) is 36.8 Å². The Kier molecular flexibility index (Phi) is 5.30. The predicted molar refractivity (Wildman–Crippen MR) is 99.9 cm³/mol. The Morgan fingerprint density at radius 1 is 1.21 bits per heavy atom. The molecule has 1 aliphatic heterocycles. The number of thiazole rings is 1. The van der Waals surface area contributed by atoms with Crippen LogP contribution in [0.2, 0.25) is 0 Å². The van der Waals surface area contributed by atoms with Crippen LogP contribution in [0.3, 0.4) is 0 Å². The molecule has 1 fully saturated rings. The van der Waals surface area contributed by atoms with E-state index in [0.717, 1.165) is 44.2 Å². The summed E-state index contributed by atoms with van der Waals surface area (Å²) in [4.78, 5) is 21.5. The topological polar surface area (TPSA) is 48.4 Å². The number of aromatic nitrogens is 3. The summed E-state index contributed by atoms with van der Waals surface area (Å²) in [6.07, 6.45) is 4.17. The van der Waals surface area contributed by atoms with Crippen molar-refractivity contribution in [3.05, 3.63) is 28.3 Å². The van der Waals surface area contributed by atoms with Crippen molar-refractivity contribution >= 4 is 23.1 Å². The molecular weight excluding hydrogens is 320 g/mol. The van der Waals surface area contributed by atoms with Gasteiger partial charge in [-0.05, 0) is 25.8 Å². The molecule has 130 valence electrons. The summed E-state index contributed by atoms with van der Waals surface area (Å²) in [6, 6.07) is 2.54. The Balaban J connectivity index is 1.58. The molecule has 3 heterocycles. The Bertz CT molecular complexity index is 663. The van der Waals surface area contributed by atoms with Crippen LogP contribution in [0, 0.1) is 6.92 Å². The van der Waals surface area contributed by atoms with Gasteiger partial charge in [0.05, 0.1) is 11.2 Å². The molecule has 0 bridgehead atoms. The molecule has 3 rings (SSSR count). The highest BCUT2D eigenvalue weighted by Crippen LogP contribution is 2.23. The number of hydrogen-bond acceptors (Lipinski definition) is 7. The van der Waals surface area contributed by atoms with Crippen LogP contribution in [0.5, 0.6) is 0 Å². The third-order valence-corrected chi connectivity index (χ3v) is 5.63. The molecule has 0 amide bonds. The molecule has 0 unspecified atom stereocenters. The predicted octanol–water partition coefficient (Wildman–Crippen LogP) is 2.41. The zero-order valence-corrected chi connectivity index (χ0v) is 15.8. The number of nitrogens with zero attached hydrogens (tertiary/aromatic N) is 6. The van der Waals surface area contributed by atoms with E-state index in [-0.39, 0.29) is 0 Å². The lowest BCUT2D eigenvalue weighted by Crippen LogP contribution is -2.43. The van der Waals surface area contributed by atoms with Crippen molar-refractivity contribution in [2.45, 2.75) is 32.4 Å². The fourth-order valence-corrected chi connectivity index (χ4v) is 3.90. The minimum atomic E-state index is 0.536. The Labute approximate surface area is 148 Å². The van der Waals surface area contributed by atoms with Crippen LogP contribution >= 0.6 is 11.3 Å². The van der Waals surface area contributed by atoms with Crippen molar-refractivity contribution in [1.29, 1.82) is 0 Å². The summed E-state index contributed by atoms with van der Waals surface area (Å²) < 4.78 is 0. The lowest BCUT2D eigenvalue weighted by Gasteiger charge is -2.37. The molecular formula is C17H26N6S. The second-order valence-corrected chi connectivity index (χ2v) is 7.53.